The minimum atomic E-state index is -4.14. The molecule has 0 radical (unpaired) electrons. The van der Waals surface area contributed by atoms with E-state index in [1.165, 1.54) is 24.3 Å². The van der Waals surface area contributed by atoms with Crippen LogP contribution in [0.15, 0.2) is 29.2 Å². The van der Waals surface area contributed by atoms with E-state index in [9.17, 15) is 8.42 Å². The summed E-state index contributed by atoms with van der Waals surface area (Å²) in [7, 11) is -4.14. The van der Waals surface area contributed by atoms with Gasteiger partial charge in [0.2, 0.25) is 0 Å². The summed E-state index contributed by atoms with van der Waals surface area (Å²) in [5.41, 5.74) is 5.76. The monoisotopic (exact) mass is 255 g/mol. The predicted molar refractivity (Wildman–Crippen MR) is 56.7 cm³/mol. The fourth-order valence-corrected chi connectivity index (χ4v) is 1.45. The molecule has 15 heavy (non-hydrogen) atoms. The Morgan fingerprint density at radius 2 is 1.80 bits per heavy atom. The SMILES string of the molecule is NC(=S)Nc1ccc(S(=O)(=O)O)cc1.[Na+]. The summed E-state index contributed by atoms with van der Waals surface area (Å²) in [6, 6.07) is 5.39. The second kappa shape index (κ2) is 5.78. The average molecular weight is 255 g/mol. The number of hydrogen-bond donors (Lipinski definition) is 3. The Hall–Kier alpha value is -0.180. The van der Waals surface area contributed by atoms with E-state index in [1.807, 2.05) is 0 Å². The number of benzene rings is 1. The molecule has 76 valence electrons. The van der Waals surface area contributed by atoms with Gasteiger partial charge in [-0.2, -0.15) is 8.42 Å². The Morgan fingerprint density at radius 3 is 2.13 bits per heavy atom. The van der Waals surface area contributed by atoms with Crippen molar-refractivity contribution in [3.63, 3.8) is 0 Å². The molecule has 0 fully saturated rings. The molecule has 0 aliphatic carbocycles. The summed E-state index contributed by atoms with van der Waals surface area (Å²) in [5, 5.41) is 2.70. The molecule has 0 bridgehead atoms. The Balaban J connectivity index is 0.00000196. The van der Waals surface area contributed by atoms with E-state index in [0.29, 0.717) is 5.69 Å². The first-order chi connectivity index (χ1) is 6.39. The van der Waals surface area contributed by atoms with E-state index in [2.05, 4.69) is 17.5 Å². The van der Waals surface area contributed by atoms with Crippen LogP contribution in [0.1, 0.15) is 0 Å². The first kappa shape index (κ1) is 14.8. The summed E-state index contributed by atoms with van der Waals surface area (Å²) in [6.45, 7) is 0. The van der Waals surface area contributed by atoms with Gasteiger partial charge in [-0.1, -0.05) is 0 Å². The Labute approximate surface area is 115 Å². The Kier molecular flexibility index (Phi) is 5.71. The molecular weight excluding hydrogens is 247 g/mol. The van der Waals surface area contributed by atoms with Crippen LogP contribution in [0, 0.1) is 0 Å². The van der Waals surface area contributed by atoms with Crippen molar-refractivity contribution in [3.05, 3.63) is 24.3 Å². The number of nitrogens with two attached hydrogens (primary N) is 1. The fourth-order valence-electron chi connectivity index (χ4n) is 0.852. The molecule has 0 heterocycles. The summed E-state index contributed by atoms with van der Waals surface area (Å²) in [5.74, 6) is 0. The summed E-state index contributed by atoms with van der Waals surface area (Å²) in [6.07, 6.45) is 0. The minimum absolute atomic E-state index is 0. The molecule has 1 aromatic rings. The molecule has 0 saturated carbocycles. The van der Waals surface area contributed by atoms with Gasteiger partial charge in [0.05, 0.1) is 4.90 Å². The maximum atomic E-state index is 10.7. The first-order valence-electron chi connectivity index (χ1n) is 3.53. The van der Waals surface area contributed by atoms with E-state index < -0.39 is 10.1 Å². The van der Waals surface area contributed by atoms with Gasteiger partial charge in [-0.05, 0) is 36.5 Å². The van der Waals surface area contributed by atoms with Crippen LogP contribution in [-0.4, -0.2) is 18.1 Å². The molecule has 1 aromatic carbocycles. The normalized spacial score (nSPS) is 10.2. The predicted octanol–water partition coefficient (Wildman–Crippen LogP) is -2.41. The third-order valence-electron chi connectivity index (χ3n) is 1.42. The molecule has 0 atom stereocenters. The van der Waals surface area contributed by atoms with E-state index in [-0.39, 0.29) is 39.6 Å². The third-order valence-corrected chi connectivity index (χ3v) is 2.39. The number of hydrogen-bond acceptors (Lipinski definition) is 3. The second-order valence-electron chi connectivity index (χ2n) is 2.49. The maximum absolute atomic E-state index is 10.7. The largest absolute Gasteiger partial charge is 1.00 e. The van der Waals surface area contributed by atoms with Crippen LogP contribution in [-0.2, 0) is 10.1 Å². The van der Waals surface area contributed by atoms with Gasteiger partial charge in [0.15, 0.2) is 5.11 Å². The molecular formula is C7H8N2NaO3S2+. The van der Waals surface area contributed by atoms with Crippen LogP contribution in [0.3, 0.4) is 0 Å². The minimum Gasteiger partial charge on any atom is -0.376 e. The van der Waals surface area contributed by atoms with Gasteiger partial charge in [-0.3, -0.25) is 4.55 Å². The van der Waals surface area contributed by atoms with E-state index in [4.69, 9.17) is 10.3 Å². The zero-order chi connectivity index (χ0) is 10.8. The number of anilines is 1. The Bertz CT molecular complexity index is 444. The van der Waals surface area contributed by atoms with Crippen LogP contribution in [0.25, 0.3) is 0 Å². The molecule has 0 spiro atoms. The summed E-state index contributed by atoms with van der Waals surface area (Å²) >= 11 is 4.58. The topological polar surface area (TPSA) is 92.4 Å². The van der Waals surface area contributed by atoms with Crippen molar-refractivity contribution in [2.45, 2.75) is 4.90 Å². The molecule has 0 aromatic heterocycles. The third kappa shape index (κ3) is 4.92. The van der Waals surface area contributed by atoms with Crippen LogP contribution < -0.4 is 40.6 Å². The van der Waals surface area contributed by atoms with Crippen molar-refractivity contribution >= 4 is 33.1 Å². The number of nitrogens with one attached hydrogen (secondary N) is 1. The zero-order valence-electron chi connectivity index (χ0n) is 7.97. The van der Waals surface area contributed by atoms with Gasteiger partial charge in [0, 0.05) is 5.69 Å². The van der Waals surface area contributed by atoms with Gasteiger partial charge >= 0.3 is 29.6 Å². The standard InChI is InChI=1S/C7H8N2O3S2.Na/c8-7(13)9-5-1-3-6(4-2-5)14(10,11)12;/h1-4H,(H3,8,9,13)(H,10,11,12);/q;+1. The average Bonchev–Trinajstić information content (AvgIpc) is 2.02. The van der Waals surface area contributed by atoms with Crippen molar-refractivity contribution in [3.8, 4) is 0 Å². The first-order valence-corrected chi connectivity index (χ1v) is 5.38. The number of rotatable bonds is 2. The van der Waals surface area contributed by atoms with Crippen molar-refractivity contribution in [2.75, 3.05) is 5.32 Å². The molecule has 0 aliphatic rings. The molecule has 5 nitrogen and oxygen atoms in total. The Morgan fingerprint density at radius 1 is 1.33 bits per heavy atom. The van der Waals surface area contributed by atoms with Crippen LogP contribution in [0.2, 0.25) is 0 Å². The van der Waals surface area contributed by atoms with Gasteiger partial charge in [0.1, 0.15) is 0 Å². The molecule has 0 amide bonds. The molecule has 1 rings (SSSR count). The molecule has 4 N–H and O–H groups in total. The molecule has 0 unspecified atom stereocenters. The van der Waals surface area contributed by atoms with Crippen LogP contribution in [0.5, 0.6) is 0 Å². The van der Waals surface area contributed by atoms with Crippen LogP contribution >= 0.6 is 12.2 Å². The smallest absolute Gasteiger partial charge is 0.376 e. The van der Waals surface area contributed by atoms with Gasteiger partial charge in [-0.15, -0.1) is 0 Å². The summed E-state index contributed by atoms with van der Waals surface area (Å²) in [4.78, 5) is -0.175. The van der Waals surface area contributed by atoms with Crippen molar-refractivity contribution < 1.29 is 42.5 Å². The van der Waals surface area contributed by atoms with E-state index >= 15 is 0 Å². The maximum Gasteiger partial charge on any atom is 1.00 e. The number of thiocarbonyl (C=S) groups is 1. The zero-order valence-corrected chi connectivity index (χ0v) is 11.6. The second-order valence-corrected chi connectivity index (χ2v) is 4.35. The van der Waals surface area contributed by atoms with Crippen molar-refractivity contribution in [2.24, 2.45) is 5.73 Å². The quantitative estimate of drug-likeness (QED) is 0.310. The van der Waals surface area contributed by atoms with Crippen LogP contribution in [0.4, 0.5) is 5.69 Å². The summed E-state index contributed by atoms with van der Waals surface area (Å²) < 4.78 is 30.0. The van der Waals surface area contributed by atoms with Crippen molar-refractivity contribution in [1.82, 2.24) is 0 Å². The van der Waals surface area contributed by atoms with Gasteiger partial charge < -0.3 is 11.1 Å². The van der Waals surface area contributed by atoms with Crippen molar-refractivity contribution in [1.29, 1.82) is 0 Å². The molecule has 0 aliphatic heterocycles. The molecule has 8 heteroatoms. The van der Waals surface area contributed by atoms with Gasteiger partial charge in [-0.25, -0.2) is 0 Å². The van der Waals surface area contributed by atoms with E-state index in [0.717, 1.165) is 0 Å². The molecule has 0 saturated heterocycles. The van der Waals surface area contributed by atoms with E-state index in [1.54, 1.807) is 0 Å². The van der Waals surface area contributed by atoms with Gasteiger partial charge in [0.25, 0.3) is 10.1 Å². The fraction of sp³-hybridized carbons (Fsp3) is 0.